The minimum Gasteiger partial charge on any atom is -0.477 e. The van der Waals surface area contributed by atoms with Gasteiger partial charge in [0.2, 0.25) is 0 Å². The van der Waals surface area contributed by atoms with E-state index in [1.807, 2.05) is 0 Å². The van der Waals surface area contributed by atoms with Crippen LogP contribution in [-0.2, 0) is 19.1 Å². The lowest BCUT2D eigenvalue weighted by Gasteiger charge is -2.51. The molecule has 0 aromatic heterocycles. The number of β-lactam (4-membered cyclic amide) rings is 1. The number of ether oxygens (including phenoxy) is 2. The van der Waals surface area contributed by atoms with Crippen LogP contribution >= 0.6 is 0 Å². The van der Waals surface area contributed by atoms with Gasteiger partial charge in [-0.3, -0.25) is 14.6 Å². The standard InChI is InChI=1S/C11H11N3O8/c12-10(18)21-1-3-4(9(16)17)14-5-6(8(14)15)13(11(19)20)2-22-7(3)5/h5-7H,1-2H2,(H2,12,18)(H,16,17)(H,19,20)/t5-,6-,7?/m0/s1. The maximum Gasteiger partial charge on any atom is 0.409 e. The summed E-state index contributed by atoms with van der Waals surface area (Å²) in [5, 5.41) is 18.3. The highest BCUT2D eigenvalue weighted by Gasteiger charge is 2.65. The van der Waals surface area contributed by atoms with Gasteiger partial charge in [-0.2, -0.15) is 0 Å². The maximum absolute atomic E-state index is 12.1. The van der Waals surface area contributed by atoms with Crippen LogP contribution in [0, 0.1) is 0 Å². The number of nitrogens with zero attached hydrogens (tertiary/aromatic N) is 2. The van der Waals surface area contributed by atoms with Crippen molar-refractivity contribution in [3.8, 4) is 0 Å². The first-order valence-electron chi connectivity index (χ1n) is 6.17. The minimum atomic E-state index is -1.39. The number of carbonyl (C=O) groups is 4. The molecule has 0 aliphatic carbocycles. The summed E-state index contributed by atoms with van der Waals surface area (Å²) in [6.45, 7) is -0.824. The molecule has 2 fully saturated rings. The molecule has 22 heavy (non-hydrogen) atoms. The molecule has 118 valence electrons. The van der Waals surface area contributed by atoms with Crippen molar-refractivity contribution in [2.75, 3.05) is 13.3 Å². The topological polar surface area (TPSA) is 160 Å². The molecule has 3 amide bonds. The fourth-order valence-corrected chi connectivity index (χ4v) is 3.02. The van der Waals surface area contributed by atoms with Crippen LogP contribution in [-0.4, -0.2) is 75.6 Å². The average Bonchev–Trinajstić information content (AvgIpc) is 2.76. The highest BCUT2D eigenvalue weighted by atomic mass is 16.6. The molecular weight excluding hydrogens is 302 g/mol. The van der Waals surface area contributed by atoms with Crippen molar-refractivity contribution in [2.45, 2.75) is 18.2 Å². The number of carboxylic acids is 1. The zero-order chi connectivity index (χ0) is 16.2. The van der Waals surface area contributed by atoms with Crippen molar-refractivity contribution in [2.24, 2.45) is 5.73 Å². The van der Waals surface area contributed by atoms with Crippen molar-refractivity contribution in [1.82, 2.24) is 9.80 Å². The molecule has 0 aromatic rings. The van der Waals surface area contributed by atoms with Gasteiger partial charge in [-0.15, -0.1) is 0 Å². The summed E-state index contributed by atoms with van der Waals surface area (Å²) in [7, 11) is 0. The molecular formula is C11H11N3O8. The molecule has 3 atom stereocenters. The van der Waals surface area contributed by atoms with Crippen molar-refractivity contribution in [3.63, 3.8) is 0 Å². The van der Waals surface area contributed by atoms with Gasteiger partial charge in [0.1, 0.15) is 31.2 Å². The van der Waals surface area contributed by atoms with Crippen LogP contribution in [0.25, 0.3) is 0 Å². The molecule has 1 unspecified atom stereocenters. The lowest BCUT2D eigenvalue weighted by molar-refractivity contribution is -0.182. The van der Waals surface area contributed by atoms with E-state index < -0.39 is 48.9 Å². The van der Waals surface area contributed by atoms with Crippen LogP contribution in [0.2, 0.25) is 0 Å². The van der Waals surface area contributed by atoms with Crippen LogP contribution in [0.4, 0.5) is 9.59 Å². The van der Waals surface area contributed by atoms with Gasteiger partial charge in [0.25, 0.3) is 5.91 Å². The van der Waals surface area contributed by atoms with Gasteiger partial charge >= 0.3 is 18.2 Å². The molecule has 2 saturated heterocycles. The second-order valence-electron chi connectivity index (χ2n) is 4.90. The highest BCUT2D eigenvalue weighted by molar-refractivity contribution is 6.03. The third-order valence-electron chi connectivity index (χ3n) is 3.86. The van der Waals surface area contributed by atoms with Crippen molar-refractivity contribution in [3.05, 3.63) is 11.3 Å². The van der Waals surface area contributed by atoms with E-state index in [-0.39, 0.29) is 18.0 Å². The van der Waals surface area contributed by atoms with Gasteiger partial charge in [-0.05, 0) is 0 Å². The maximum atomic E-state index is 12.1. The van der Waals surface area contributed by atoms with Crippen LogP contribution in [0.5, 0.6) is 0 Å². The van der Waals surface area contributed by atoms with Gasteiger partial charge in [-0.25, -0.2) is 14.4 Å². The molecule has 4 N–H and O–H groups in total. The number of rotatable bonds is 3. The predicted octanol–water partition coefficient (Wildman–Crippen LogP) is -1.65. The van der Waals surface area contributed by atoms with Crippen LogP contribution in [0.3, 0.4) is 0 Å². The predicted molar refractivity (Wildman–Crippen MR) is 64.2 cm³/mol. The molecule has 3 heterocycles. The summed E-state index contributed by atoms with van der Waals surface area (Å²) in [4.78, 5) is 47.1. The number of hydrogen-bond donors (Lipinski definition) is 3. The van der Waals surface area contributed by atoms with E-state index in [1.165, 1.54) is 0 Å². The van der Waals surface area contributed by atoms with Gasteiger partial charge in [-0.1, -0.05) is 0 Å². The van der Waals surface area contributed by atoms with Gasteiger partial charge < -0.3 is 25.4 Å². The number of nitrogens with two attached hydrogens (primary N) is 1. The molecule has 0 bridgehead atoms. The average molecular weight is 313 g/mol. The summed E-state index contributed by atoms with van der Waals surface area (Å²) in [5.41, 5.74) is 4.58. The molecule has 3 aliphatic heterocycles. The normalized spacial score (nSPS) is 29.1. The Morgan fingerprint density at radius 2 is 2.05 bits per heavy atom. The molecule has 3 aliphatic rings. The third kappa shape index (κ3) is 1.72. The Labute approximate surface area is 122 Å². The summed E-state index contributed by atoms with van der Waals surface area (Å²) in [5.74, 6) is -2.04. The number of amides is 3. The van der Waals surface area contributed by atoms with E-state index in [2.05, 4.69) is 4.74 Å². The van der Waals surface area contributed by atoms with E-state index in [9.17, 15) is 24.3 Å². The first-order valence-corrected chi connectivity index (χ1v) is 6.17. The number of carboxylic acid groups (broad SMARTS) is 2. The molecule has 0 saturated carbocycles. The molecule has 0 radical (unpaired) electrons. The van der Waals surface area contributed by atoms with Crippen molar-refractivity contribution < 1.29 is 38.9 Å². The SMILES string of the molecule is NC(=O)OCC1=C(C(=O)O)N2C(=O)[C@@H]3[C@H]2C1OCN3C(=O)O. The lowest BCUT2D eigenvalue weighted by Crippen LogP contribution is -2.75. The van der Waals surface area contributed by atoms with E-state index in [0.29, 0.717) is 0 Å². The lowest BCUT2D eigenvalue weighted by atomic mass is 9.89. The first kappa shape index (κ1) is 14.1. The largest absolute Gasteiger partial charge is 0.477 e. The number of primary amides is 1. The Kier molecular flexibility index (Phi) is 2.95. The van der Waals surface area contributed by atoms with Crippen LogP contribution < -0.4 is 5.73 Å². The van der Waals surface area contributed by atoms with E-state index in [1.54, 1.807) is 0 Å². The monoisotopic (exact) mass is 313 g/mol. The second kappa shape index (κ2) is 4.59. The van der Waals surface area contributed by atoms with Crippen molar-refractivity contribution >= 4 is 24.1 Å². The molecule has 3 rings (SSSR count). The summed E-state index contributed by atoms with van der Waals surface area (Å²) < 4.78 is 9.95. The zero-order valence-electron chi connectivity index (χ0n) is 11.0. The van der Waals surface area contributed by atoms with Crippen molar-refractivity contribution in [1.29, 1.82) is 0 Å². The Hall–Kier alpha value is -2.82. The van der Waals surface area contributed by atoms with Gasteiger partial charge in [0.15, 0.2) is 0 Å². The number of hydrogen-bond acceptors (Lipinski definition) is 6. The van der Waals surface area contributed by atoms with E-state index >= 15 is 0 Å². The molecule has 0 spiro atoms. The molecule has 11 nitrogen and oxygen atoms in total. The highest BCUT2D eigenvalue weighted by Crippen LogP contribution is 2.45. The second-order valence-corrected chi connectivity index (χ2v) is 4.90. The Morgan fingerprint density at radius 1 is 1.36 bits per heavy atom. The molecule has 0 aromatic carbocycles. The van der Waals surface area contributed by atoms with Gasteiger partial charge in [0, 0.05) is 5.57 Å². The number of aliphatic carboxylic acids is 1. The Bertz CT molecular complexity index is 629. The fraction of sp³-hybridized carbons (Fsp3) is 0.455. The van der Waals surface area contributed by atoms with Crippen LogP contribution in [0.15, 0.2) is 11.3 Å². The minimum absolute atomic E-state index is 0.0807. The quantitative estimate of drug-likeness (QED) is 0.522. The summed E-state index contributed by atoms with van der Waals surface area (Å²) in [6, 6.07) is -1.77. The Morgan fingerprint density at radius 3 is 2.59 bits per heavy atom. The van der Waals surface area contributed by atoms with Gasteiger partial charge in [0.05, 0.1) is 6.04 Å². The van der Waals surface area contributed by atoms with E-state index in [4.69, 9.17) is 15.6 Å². The summed E-state index contributed by atoms with van der Waals surface area (Å²) in [6.07, 6.45) is -3.28. The Balaban J connectivity index is 1.95. The molecule has 11 heteroatoms. The van der Waals surface area contributed by atoms with Crippen LogP contribution in [0.1, 0.15) is 0 Å². The number of carbonyl (C=O) groups excluding carboxylic acids is 2. The third-order valence-corrected chi connectivity index (χ3v) is 3.86. The summed E-state index contributed by atoms with van der Waals surface area (Å²) >= 11 is 0. The zero-order valence-corrected chi connectivity index (χ0v) is 11.0. The first-order chi connectivity index (χ1) is 10.3. The van der Waals surface area contributed by atoms with E-state index in [0.717, 1.165) is 9.80 Å². The fourth-order valence-electron chi connectivity index (χ4n) is 3.02. The smallest absolute Gasteiger partial charge is 0.409 e.